The number of esters is 1. The molecule has 0 aromatic rings. The molecule has 0 rings (SSSR count). The van der Waals surface area contributed by atoms with Crippen molar-refractivity contribution >= 4 is 17.7 Å². The maximum absolute atomic E-state index is 12.0. The van der Waals surface area contributed by atoms with Gasteiger partial charge in [0.05, 0.1) is 13.3 Å². The Morgan fingerprint density at radius 2 is 1.80 bits per heavy atom. The minimum absolute atomic E-state index is 0.00964. The average molecular weight is 306 g/mol. The van der Waals surface area contributed by atoms with Gasteiger partial charge in [0.25, 0.3) is 0 Å². The zero-order valence-corrected chi connectivity index (χ0v) is 14.1. The van der Waals surface area contributed by atoms with E-state index in [4.69, 9.17) is 4.74 Å². The van der Waals surface area contributed by atoms with Gasteiger partial charge in [0.15, 0.2) is 0 Å². The Labute approximate surface area is 128 Å². The van der Waals surface area contributed by atoms with Crippen molar-refractivity contribution in [3.05, 3.63) is 0 Å². The normalized spacial score (nSPS) is 12.7. The van der Waals surface area contributed by atoms with Crippen molar-refractivity contribution in [1.82, 2.24) is 0 Å². The van der Waals surface area contributed by atoms with Crippen LogP contribution in [-0.2, 0) is 9.53 Å². The molecule has 0 radical (unpaired) electrons. The van der Waals surface area contributed by atoms with Crippen LogP contribution in [-0.4, -0.2) is 30.3 Å². The Balaban J connectivity index is 3.75. The molecule has 1 unspecified atom stereocenters. The second-order valence-corrected chi connectivity index (χ2v) is 6.94. The van der Waals surface area contributed by atoms with Gasteiger partial charge in [-0.3, -0.25) is 9.18 Å². The Hall–Kier alpha value is -0.250. The van der Waals surface area contributed by atoms with E-state index in [9.17, 15) is 9.18 Å². The predicted molar refractivity (Wildman–Crippen MR) is 86.0 cm³/mol. The van der Waals surface area contributed by atoms with E-state index in [-0.39, 0.29) is 17.9 Å². The van der Waals surface area contributed by atoms with Gasteiger partial charge in [-0.05, 0) is 30.9 Å². The molecule has 0 aliphatic rings. The highest BCUT2D eigenvalue weighted by Crippen LogP contribution is 2.20. The van der Waals surface area contributed by atoms with E-state index in [1.54, 1.807) is 11.8 Å². The SMILES string of the molecule is CCCC(SCCCCCCCF)C(=O)OCC(C)C. The first-order valence-corrected chi connectivity index (χ1v) is 9.00. The highest BCUT2D eigenvalue weighted by atomic mass is 32.2. The molecule has 0 N–H and O–H groups in total. The van der Waals surface area contributed by atoms with Crippen molar-refractivity contribution in [3.63, 3.8) is 0 Å². The maximum Gasteiger partial charge on any atom is 0.319 e. The smallest absolute Gasteiger partial charge is 0.319 e. The summed E-state index contributed by atoms with van der Waals surface area (Å²) in [5, 5.41) is -0.00964. The van der Waals surface area contributed by atoms with Gasteiger partial charge in [-0.1, -0.05) is 46.5 Å². The monoisotopic (exact) mass is 306 g/mol. The first-order chi connectivity index (χ1) is 9.61. The van der Waals surface area contributed by atoms with Gasteiger partial charge in [0, 0.05) is 0 Å². The molecule has 0 aliphatic carbocycles. The van der Waals surface area contributed by atoms with Crippen LogP contribution in [0.15, 0.2) is 0 Å². The van der Waals surface area contributed by atoms with E-state index >= 15 is 0 Å². The molecule has 0 aromatic carbocycles. The third kappa shape index (κ3) is 11.6. The van der Waals surface area contributed by atoms with E-state index in [2.05, 4.69) is 6.92 Å². The average Bonchev–Trinajstić information content (AvgIpc) is 2.42. The number of unbranched alkanes of at least 4 members (excludes halogenated alkanes) is 4. The standard InChI is InChI=1S/C16H31FO2S/c1-4-10-15(16(18)19-13-14(2)3)20-12-9-7-5-6-8-11-17/h14-15H,4-13H2,1-3H3. The second-order valence-electron chi connectivity index (χ2n) is 5.63. The second kappa shape index (κ2) is 13.7. The summed E-state index contributed by atoms with van der Waals surface area (Å²) in [7, 11) is 0. The molecule has 0 saturated heterocycles. The number of hydrogen-bond acceptors (Lipinski definition) is 3. The van der Waals surface area contributed by atoms with Gasteiger partial charge in [0.1, 0.15) is 5.25 Å². The Morgan fingerprint density at radius 3 is 2.40 bits per heavy atom. The zero-order valence-electron chi connectivity index (χ0n) is 13.3. The summed E-state index contributed by atoms with van der Waals surface area (Å²) >= 11 is 1.72. The first-order valence-electron chi connectivity index (χ1n) is 7.96. The quantitative estimate of drug-likeness (QED) is 0.353. The summed E-state index contributed by atoms with van der Waals surface area (Å²) in [6.07, 6.45) is 6.90. The summed E-state index contributed by atoms with van der Waals surface area (Å²) in [5.41, 5.74) is 0. The molecule has 0 aliphatic heterocycles. The van der Waals surface area contributed by atoms with Crippen LogP contribution in [0.4, 0.5) is 4.39 Å². The fourth-order valence-electron chi connectivity index (χ4n) is 1.83. The van der Waals surface area contributed by atoms with Crippen LogP contribution in [0, 0.1) is 5.92 Å². The van der Waals surface area contributed by atoms with Gasteiger partial charge >= 0.3 is 5.97 Å². The third-order valence-electron chi connectivity index (χ3n) is 2.97. The first kappa shape index (κ1) is 19.8. The van der Waals surface area contributed by atoms with Gasteiger partial charge in [-0.2, -0.15) is 0 Å². The van der Waals surface area contributed by atoms with Crippen LogP contribution < -0.4 is 0 Å². The van der Waals surface area contributed by atoms with Gasteiger partial charge in [-0.15, -0.1) is 11.8 Å². The Bertz CT molecular complexity index is 235. The topological polar surface area (TPSA) is 26.3 Å². The van der Waals surface area contributed by atoms with Crippen LogP contribution >= 0.6 is 11.8 Å². The van der Waals surface area contributed by atoms with Crippen LogP contribution in [0.25, 0.3) is 0 Å². The number of alkyl halides is 1. The molecule has 4 heteroatoms. The summed E-state index contributed by atoms with van der Waals surface area (Å²) in [6.45, 7) is 6.51. The molecule has 0 bridgehead atoms. The fourth-order valence-corrected chi connectivity index (χ4v) is 3.09. The van der Waals surface area contributed by atoms with Gasteiger partial charge in [-0.25, -0.2) is 0 Å². The highest BCUT2D eigenvalue weighted by Gasteiger charge is 2.19. The van der Waals surface area contributed by atoms with E-state index in [1.165, 1.54) is 0 Å². The lowest BCUT2D eigenvalue weighted by Crippen LogP contribution is -2.22. The molecule has 0 fully saturated rings. The number of ether oxygens (including phenoxy) is 1. The number of carbonyl (C=O) groups excluding carboxylic acids is 1. The molecule has 0 amide bonds. The van der Waals surface area contributed by atoms with E-state index in [1.807, 2.05) is 13.8 Å². The lowest BCUT2D eigenvalue weighted by molar-refractivity contribution is -0.144. The molecular weight excluding hydrogens is 275 g/mol. The number of thioether (sulfide) groups is 1. The van der Waals surface area contributed by atoms with Crippen molar-refractivity contribution < 1.29 is 13.9 Å². The van der Waals surface area contributed by atoms with Crippen LogP contribution in [0.5, 0.6) is 0 Å². The van der Waals surface area contributed by atoms with E-state index in [0.717, 1.165) is 44.3 Å². The fraction of sp³-hybridized carbons (Fsp3) is 0.938. The Morgan fingerprint density at radius 1 is 1.15 bits per heavy atom. The van der Waals surface area contributed by atoms with Crippen LogP contribution in [0.2, 0.25) is 0 Å². The number of hydrogen-bond donors (Lipinski definition) is 0. The number of halogens is 1. The number of rotatable bonds is 13. The summed E-state index contributed by atoms with van der Waals surface area (Å²) in [4.78, 5) is 12.0. The van der Waals surface area contributed by atoms with Crippen molar-refractivity contribution in [2.45, 2.75) is 71.0 Å². The molecule has 1 atom stereocenters. The van der Waals surface area contributed by atoms with Gasteiger partial charge < -0.3 is 4.74 Å². The predicted octanol–water partition coefficient (Wildman–Crippen LogP) is 5.01. The molecule has 120 valence electrons. The third-order valence-corrected chi connectivity index (χ3v) is 4.32. The molecule has 2 nitrogen and oxygen atoms in total. The van der Waals surface area contributed by atoms with E-state index in [0.29, 0.717) is 18.9 Å². The largest absolute Gasteiger partial charge is 0.465 e. The molecule has 20 heavy (non-hydrogen) atoms. The molecule has 0 aromatic heterocycles. The lowest BCUT2D eigenvalue weighted by Gasteiger charge is -2.16. The Kier molecular flexibility index (Phi) is 13.5. The highest BCUT2D eigenvalue weighted by molar-refractivity contribution is 8.00. The maximum atomic E-state index is 12.0. The molecule has 0 saturated carbocycles. The van der Waals surface area contributed by atoms with Crippen molar-refractivity contribution in [2.24, 2.45) is 5.92 Å². The summed E-state index contributed by atoms with van der Waals surface area (Å²) in [5.74, 6) is 1.33. The van der Waals surface area contributed by atoms with Crippen molar-refractivity contribution in [2.75, 3.05) is 19.0 Å². The van der Waals surface area contributed by atoms with Crippen molar-refractivity contribution in [3.8, 4) is 0 Å². The minimum Gasteiger partial charge on any atom is -0.465 e. The van der Waals surface area contributed by atoms with Crippen LogP contribution in [0.3, 0.4) is 0 Å². The van der Waals surface area contributed by atoms with Crippen molar-refractivity contribution in [1.29, 1.82) is 0 Å². The molecule has 0 heterocycles. The van der Waals surface area contributed by atoms with Crippen LogP contribution in [0.1, 0.15) is 65.7 Å². The summed E-state index contributed by atoms with van der Waals surface area (Å²) < 4.78 is 17.2. The summed E-state index contributed by atoms with van der Waals surface area (Å²) in [6, 6.07) is 0. The van der Waals surface area contributed by atoms with Gasteiger partial charge in [0.2, 0.25) is 0 Å². The zero-order chi connectivity index (χ0) is 15.2. The van der Waals surface area contributed by atoms with E-state index < -0.39 is 0 Å². The number of carbonyl (C=O) groups is 1. The minimum atomic E-state index is -0.199. The molecule has 0 spiro atoms. The lowest BCUT2D eigenvalue weighted by atomic mass is 10.2. The molecular formula is C16H31FO2S.